The molecule has 0 aromatic heterocycles. The summed E-state index contributed by atoms with van der Waals surface area (Å²) in [6.07, 6.45) is 1.44. The first kappa shape index (κ1) is 23.1. The van der Waals surface area contributed by atoms with Gasteiger partial charge in [0.15, 0.2) is 18.1 Å². The number of rotatable bonds is 9. The van der Waals surface area contributed by atoms with Crippen LogP contribution in [0.3, 0.4) is 0 Å². The zero-order valence-corrected chi connectivity index (χ0v) is 19.0. The summed E-state index contributed by atoms with van der Waals surface area (Å²) < 4.78 is 16.7. The van der Waals surface area contributed by atoms with Crippen molar-refractivity contribution < 1.29 is 28.9 Å². The Morgan fingerprint density at radius 2 is 1.81 bits per heavy atom. The van der Waals surface area contributed by atoms with Crippen molar-refractivity contribution >= 4 is 44.8 Å². The number of amides is 1. The van der Waals surface area contributed by atoms with Gasteiger partial charge in [-0.1, -0.05) is 24.3 Å². The number of aliphatic carboxylic acids is 1. The van der Waals surface area contributed by atoms with Crippen LogP contribution in [0.1, 0.15) is 22.8 Å². The molecule has 2 N–H and O–H groups in total. The van der Waals surface area contributed by atoms with E-state index in [4.69, 9.17) is 19.3 Å². The Bertz CT molecular complexity index is 1180. The Labute approximate surface area is 192 Å². The predicted molar refractivity (Wildman–Crippen MR) is 124 cm³/mol. The fourth-order valence-corrected chi connectivity index (χ4v) is 3.56. The van der Waals surface area contributed by atoms with E-state index in [-0.39, 0.29) is 5.75 Å². The van der Waals surface area contributed by atoms with E-state index in [0.29, 0.717) is 33.7 Å². The van der Waals surface area contributed by atoms with E-state index in [1.54, 1.807) is 31.2 Å². The third kappa shape index (κ3) is 5.55. The average molecular weight is 501 g/mol. The predicted octanol–water partition coefficient (Wildman–Crippen LogP) is 4.24. The van der Waals surface area contributed by atoms with Crippen molar-refractivity contribution in [1.82, 2.24) is 5.43 Å². The molecule has 1 amide bonds. The van der Waals surface area contributed by atoms with E-state index in [1.807, 2.05) is 24.3 Å². The largest absolute Gasteiger partial charge is 0.496 e. The second-order valence-corrected chi connectivity index (χ2v) is 7.40. The van der Waals surface area contributed by atoms with Crippen LogP contribution >= 0.6 is 15.9 Å². The third-order valence-electron chi connectivity index (χ3n) is 4.36. The van der Waals surface area contributed by atoms with Crippen molar-refractivity contribution in [3.05, 3.63) is 64.1 Å². The Hall–Kier alpha value is -3.59. The number of methoxy groups -OCH3 is 1. The first-order valence-corrected chi connectivity index (χ1v) is 10.4. The van der Waals surface area contributed by atoms with Crippen LogP contribution in [0.25, 0.3) is 10.8 Å². The molecule has 3 aromatic rings. The molecule has 0 bridgehead atoms. The molecule has 0 radical (unpaired) electrons. The third-order valence-corrected chi connectivity index (χ3v) is 4.95. The number of nitrogens with zero attached hydrogens (tertiary/aromatic N) is 1. The Kier molecular flexibility index (Phi) is 7.67. The molecule has 0 atom stereocenters. The van der Waals surface area contributed by atoms with Gasteiger partial charge >= 0.3 is 5.97 Å². The second-order valence-electron chi connectivity index (χ2n) is 6.54. The van der Waals surface area contributed by atoms with Gasteiger partial charge in [0.1, 0.15) is 5.75 Å². The van der Waals surface area contributed by atoms with Crippen LogP contribution < -0.4 is 19.6 Å². The molecule has 0 aliphatic rings. The monoisotopic (exact) mass is 500 g/mol. The molecule has 0 aliphatic heterocycles. The van der Waals surface area contributed by atoms with Crippen molar-refractivity contribution in [2.45, 2.75) is 6.92 Å². The number of carbonyl (C=O) groups is 2. The Balaban J connectivity index is 1.80. The number of hydrogen-bond donors (Lipinski definition) is 2. The summed E-state index contributed by atoms with van der Waals surface area (Å²) in [7, 11) is 1.50. The van der Waals surface area contributed by atoms with Gasteiger partial charge in [-0.15, -0.1) is 0 Å². The molecule has 8 nitrogen and oxygen atoms in total. The number of fused-ring (bicyclic) bond motifs is 1. The van der Waals surface area contributed by atoms with Crippen LogP contribution in [0, 0.1) is 0 Å². The van der Waals surface area contributed by atoms with Crippen LogP contribution in [0.2, 0.25) is 0 Å². The fourth-order valence-electron chi connectivity index (χ4n) is 2.99. The Morgan fingerprint density at radius 3 is 2.47 bits per heavy atom. The summed E-state index contributed by atoms with van der Waals surface area (Å²) in [6, 6.07) is 14.5. The number of nitrogens with one attached hydrogen (secondary N) is 1. The molecule has 32 heavy (non-hydrogen) atoms. The van der Waals surface area contributed by atoms with Crippen LogP contribution in [0.15, 0.2) is 58.1 Å². The highest BCUT2D eigenvalue weighted by atomic mass is 79.9. The minimum absolute atomic E-state index is 0.274. The van der Waals surface area contributed by atoms with E-state index in [0.717, 1.165) is 10.8 Å². The molecular weight excluding hydrogens is 480 g/mol. The van der Waals surface area contributed by atoms with E-state index >= 15 is 0 Å². The standard InChI is InChI=1S/C23H21BrN2O6/c1-3-31-20-9-14(8-18(24)22(20)32-13-21(27)28)12-25-26-23(29)17-10-15-6-4-5-7-16(15)11-19(17)30-2/h4-12H,3,13H2,1-2H3,(H,26,29)(H,27,28)/b25-12-. The summed E-state index contributed by atoms with van der Waals surface area (Å²) in [5, 5.41) is 14.7. The quantitative estimate of drug-likeness (QED) is 0.336. The molecule has 0 aliphatic carbocycles. The average Bonchev–Trinajstić information content (AvgIpc) is 2.77. The maximum Gasteiger partial charge on any atom is 0.341 e. The second kappa shape index (κ2) is 10.6. The number of hydrogen-bond acceptors (Lipinski definition) is 6. The highest BCUT2D eigenvalue weighted by molar-refractivity contribution is 9.10. The number of carbonyl (C=O) groups excluding carboxylic acids is 1. The summed E-state index contributed by atoms with van der Waals surface area (Å²) in [4.78, 5) is 23.5. The minimum Gasteiger partial charge on any atom is -0.496 e. The number of carboxylic acid groups (broad SMARTS) is 1. The molecule has 0 saturated heterocycles. The molecule has 0 unspecified atom stereocenters. The number of hydrazone groups is 1. The van der Waals surface area contributed by atoms with Crippen molar-refractivity contribution in [3.63, 3.8) is 0 Å². The van der Waals surface area contributed by atoms with E-state index in [9.17, 15) is 9.59 Å². The van der Waals surface area contributed by atoms with Gasteiger partial charge in [0.05, 0.1) is 30.0 Å². The first-order chi connectivity index (χ1) is 15.4. The lowest BCUT2D eigenvalue weighted by Gasteiger charge is -2.13. The molecule has 9 heteroatoms. The molecule has 166 valence electrons. The molecule has 0 heterocycles. The van der Waals surface area contributed by atoms with Crippen LogP contribution in [-0.4, -0.2) is 43.5 Å². The van der Waals surface area contributed by atoms with Crippen LogP contribution in [0.4, 0.5) is 0 Å². The maximum absolute atomic E-state index is 12.7. The highest BCUT2D eigenvalue weighted by Gasteiger charge is 2.15. The van der Waals surface area contributed by atoms with Gasteiger partial charge in [-0.25, -0.2) is 10.2 Å². The van der Waals surface area contributed by atoms with Crippen molar-refractivity contribution in [1.29, 1.82) is 0 Å². The van der Waals surface area contributed by atoms with E-state index in [1.165, 1.54) is 13.3 Å². The van der Waals surface area contributed by atoms with Crippen molar-refractivity contribution in [2.75, 3.05) is 20.3 Å². The number of benzene rings is 3. The van der Waals surface area contributed by atoms with Crippen molar-refractivity contribution in [2.24, 2.45) is 5.10 Å². The van der Waals surface area contributed by atoms with Gasteiger partial charge in [-0.3, -0.25) is 4.79 Å². The number of ether oxygens (including phenoxy) is 3. The highest BCUT2D eigenvalue weighted by Crippen LogP contribution is 2.36. The van der Waals surface area contributed by atoms with Gasteiger partial charge in [0, 0.05) is 0 Å². The molecule has 0 spiro atoms. The summed E-state index contributed by atoms with van der Waals surface area (Å²) >= 11 is 3.35. The van der Waals surface area contributed by atoms with Gasteiger partial charge in [-0.05, 0) is 63.5 Å². The minimum atomic E-state index is -1.10. The topological polar surface area (TPSA) is 106 Å². The maximum atomic E-state index is 12.7. The lowest BCUT2D eigenvalue weighted by Crippen LogP contribution is -2.18. The zero-order chi connectivity index (χ0) is 23.1. The molecule has 0 saturated carbocycles. The normalized spacial score (nSPS) is 10.8. The Morgan fingerprint density at radius 1 is 1.09 bits per heavy atom. The van der Waals surface area contributed by atoms with Crippen LogP contribution in [0.5, 0.6) is 17.2 Å². The smallest absolute Gasteiger partial charge is 0.341 e. The number of carboxylic acids is 1. The summed E-state index contributed by atoms with van der Waals surface area (Å²) in [5.74, 6) is -0.452. The fraction of sp³-hybridized carbons (Fsp3) is 0.174. The number of halogens is 1. The summed E-state index contributed by atoms with van der Waals surface area (Å²) in [5.41, 5.74) is 3.46. The lowest BCUT2D eigenvalue weighted by molar-refractivity contribution is -0.139. The van der Waals surface area contributed by atoms with E-state index < -0.39 is 18.5 Å². The van der Waals surface area contributed by atoms with Crippen molar-refractivity contribution in [3.8, 4) is 17.2 Å². The summed E-state index contributed by atoms with van der Waals surface area (Å²) in [6.45, 7) is 1.65. The van der Waals surface area contributed by atoms with Gasteiger partial charge in [-0.2, -0.15) is 5.10 Å². The van der Waals surface area contributed by atoms with E-state index in [2.05, 4.69) is 26.5 Å². The van der Waals surface area contributed by atoms with Crippen LogP contribution in [-0.2, 0) is 4.79 Å². The first-order valence-electron chi connectivity index (χ1n) is 9.64. The molecule has 3 rings (SSSR count). The van der Waals surface area contributed by atoms with Gasteiger partial charge in [0.2, 0.25) is 0 Å². The van der Waals surface area contributed by atoms with Gasteiger partial charge < -0.3 is 19.3 Å². The molecular formula is C23H21BrN2O6. The van der Waals surface area contributed by atoms with Gasteiger partial charge in [0.25, 0.3) is 5.91 Å². The molecule has 3 aromatic carbocycles. The molecule has 0 fully saturated rings. The SMILES string of the molecule is CCOc1cc(/C=N\NC(=O)c2cc3ccccc3cc2OC)cc(Br)c1OCC(=O)O. The zero-order valence-electron chi connectivity index (χ0n) is 17.4. The lowest BCUT2D eigenvalue weighted by atomic mass is 10.1.